The minimum atomic E-state index is -0.378. The first kappa shape index (κ1) is 21.2. The minimum absolute atomic E-state index is 0.0133. The predicted molar refractivity (Wildman–Crippen MR) is 123 cm³/mol. The van der Waals surface area contributed by atoms with E-state index in [1.165, 1.54) is 11.8 Å². The highest BCUT2D eigenvalue weighted by atomic mass is 32.2. The fourth-order valence-electron chi connectivity index (χ4n) is 3.42. The minimum Gasteiger partial charge on any atom is -0.494 e. The predicted octanol–water partition coefficient (Wildman–Crippen LogP) is 3.88. The van der Waals surface area contributed by atoms with Gasteiger partial charge in [-0.3, -0.25) is 4.79 Å². The Morgan fingerprint density at radius 2 is 1.90 bits per heavy atom. The number of rotatable bonds is 7. The van der Waals surface area contributed by atoms with E-state index in [2.05, 4.69) is 34.8 Å². The lowest BCUT2D eigenvalue weighted by molar-refractivity contribution is -0.121. The Morgan fingerprint density at radius 3 is 2.58 bits per heavy atom. The van der Waals surface area contributed by atoms with E-state index in [-0.39, 0.29) is 17.2 Å². The van der Waals surface area contributed by atoms with E-state index in [0.29, 0.717) is 24.2 Å². The van der Waals surface area contributed by atoms with Crippen molar-refractivity contribution in [3.63, 3.8) is 0 Å². The summed E-state index contributed by atoms with van der Waals surface area (Å²) in [5.41, 5.74) is 5.46. The van der Waals surface area contributed by atoms with Crippen LogP contribution in [0.3, 0.4) is 0 Å². The number of fused-ring (bicyclic) bond motifs is 1. The molecule has 31 heavy (non-hydrogen) atoms. The molecule has 162 valence electrons. The van der Waals surface area contributed by atoms with E-state index >= 15 is 0 Å². The van der Waals surface area contributed by atoms with Crippen LogP contribution in [-0.4, -0.2) is 39.2 Å². The van der Waals surface area contributed by atoms with Crippen molar-refractivity contribution in [3.8, 4) is 17.1 Å². The highest BCUT2D eigenvalue weighted by Gasteiger charge is 2.38. The summed E-state index contributed by atoms with van der Waals surface area (Å²) in [6, 6.07) is 17.5. The van der Waals surface area contributed by atoms with Crippen LogP contribution in [0.15, 0.2) is 59.8 Å². The maximum atomic E-state index is 13.1. The van der Waals surface area contributed by atoms with Crippen molar-refractivity contribution in [2.75, 3.05) is 18.6 Å². The number of aromatic nitrogens is 3. The van der Waals surface area contributed by atoms with Crippen LogP contribution in [0.4, 0.5) is 0 Å². The van der Waals surface area contributed by atoms with Gasteiger partial charge in [-0.1, -0.05) is 68.1 Å². The van der Waals surface area contributed by atoms with E-state index in [1.807, 2.05) is 66.2 Å². The molecule has 1 aromatic heterocycles. The Hall–Kier alpha value is -3.00. The lowest BCUT2D eigenvalue weighted by Gasteiger charge is -2.33. The van der Waals surface area contributed by atoms with Gasteiger partial charge in [0.05, 0.1) is 12.6 Å². The van der Waals surface area contributed by atoms with Crippen LogP contribution in [-0.2, 0) is 4.79 Å². The highest BCUT2D eigenvalue weighted by molar-refractivity contribution is 8.00. The smallest absolute Gasteiger partial charge is 0.236 e. The largest absolute Gasteiger partial charge is 0.494 e. The fourth-order valence-corrected chi connectivity index (χ4v) is 4.53. The van der Waals surface area contributed by atoms with Crippen molar-refractivity contribution in [1.82, 2.24) is 20.2 Å². The summed E-state index contributed by atoms with van der Waals surface area (Å²) in [5.74, 6) is 1.90. The second kappa shape index (κ2) is 9.43. The van der Waals surface area contributed by atoms with Gasteiger partial charge in [0.25, 0.3) is 0 Å². The van der Waals surface area contributed by atoms with Crippen molar-refractivity contribution in [2.45, 2.75) is 37.2 Å². The van der Waals surface area contributed by atoms with Crippen LogP contribution in [0.2, 0.25) is 0 Å². The molecule has 7 nitrogen and oxygen atoms in total. The molecule has 8 heteroatoms. The van der Waals surface area contributed by atoms with E-state index in [4.69, 9.17) is 4.74 Å². The standard InChI is InChI=1S/C23H27N5O2S/c1-4-30-18-12-10-16(11-13-18)19-20(22(29)24-14-15(2)3)31-23-26-25-21(28(23)27-19)17-8-6-5-7-9-17/h5-13,15,19-20,27H,4,14H2,1-3H3,(H,24,29)/t19-,20+/m0/s1. The zero-order chi connectivity index (χ0) is 21.8. The van der Waals surface area contributed by atoms with Crippen LogP contribution >= 0.6 is 11.8 Å². The molecule has 2 N–H and O–H groups in total. The van der Waals surface area contributed by atoms with Gasteiger partial charge >= 0.3 is 0 Å². The number of hydrogen-bond acceptors (Lipinski definition) is 6. The second-order valence-electron chi connectivity index (χ2n) is 7.79. The quantitative estimate of drug-likeness (QED) is 0.584. The number of nitrogens with one attached hydrogen (secondary N) is 2. The molecule has 0 spiro atoms. The van der Waals surface area contributed by atoms with Crippen molar-refractivity contribution < 1.29 is 9.53 Å². The Labute approximate surface area is 186 Å². The third-order valence-electron chi connectivity index (χ3n) is 4.96. The van der Waals surface area contributed by atoms with E-state index < -0.39 is 0 Å². The van der Waals surface area contributed by atoms with Gasteiger partial charge in [0.1, 0.15) is 11.0 Å². The Kier molecular flexibility index (Phi) is 6.46. The summed E-state index contributed by atoms with van der Waals surface area (Å²) in [5, 5.41) is 12.1. The Bertz CT molecular complexity index is 1020. The number of carbonyl (C=O) groups excluding carboxylic acids is 1. The third kappa shape index (κ3) is 4.69. The third-order valence-corrected chi connectivity index (χ3v) is 6.18. The molecular weight excluding hydrogens is 410 g/mol. The van der Waals surface area contributed by atoms with Gasteiger partial charge in [-0.05, 0) is 30.5 Å². The number of benzene rings is 2. The topological polar surface area (TPSA) is 81.1 Å². The number of carbonyl (C=O) groups is 1. The summed E-state index contributed by atoms with van der Waals surface area (Å²) >= 11 is 1.43. The first-order valence-corrected chi connectivity index (χ1v) is 11.4. The molecular formula is C23H27N5O2S. The van der Waals surface area contributed by atoms with Crippen LogP contribution in [0.1, 0.15) is 32.4 Å². The molecule has 0 unspecified atom stereocenters. The van der Waals surface area contributed by atoms with Gasteiger partial charge in [0, 0.05) is 12.1 Å². The van der Waals surface area contributed by atoms with E-state index in [9.17, 15) is 4.79 Å². The molecule has 2 heterocycles. The molecule has 2 atom stereocenters. The van der Waals surface area contributed by atoms with Gasteiger partial charge in [-0.15, -0.1) is 10.2 Å². The molecule has 0 radical (unpaired) electrons. The van der Waals surface area contributed by atoms with Gasteiger partial charge in [0.2, 0.25) is 11.1 Å². The summed E-state index contributed by atoms with van der Waals surface area (Å²) in [6.07, 6.45) is 0. The van der Waals surface area contributed by atoms with E-state index in [1.54, 1.807) is 0 Å². The van der Waals surface area contributed by atoms with Gasteiger partial charge in [0.15, 0.2) is 5.82 Å². The number of thioether (sulfide) groups is 1. The zero-order valence-corrected chi connectivity index (χ0v) is 18.7. The fraction of sp³-hybridized carbons (Fsp3) is 0.348. The van der Waals surface area contributed by atoms with Crippen LogP contribution in [0.5, 0.6) is 5.75 Å². The molecule has 0 fully saturated rings. The Balaban J connectivity index is 1.67. The van der Waals surface area contributed by atoms with Crippen molar-refractivity contribution in [2.24, 2.45) is 5.92 Å². The highest BCUT2D eigenvalue weighted by Crippen LogP contribution is 2.38. The van der Waals surface area contributed by atoms with Crippen LogP contribution < -0.4 is 15.5 Å². The first-order chi connectivity index (χ1) is 15.1. The Morgan fingerprint density at radius 1 is 1.16 bits per heavy atom. The van der Waals surface area contributed by atoms with Gasteiger partial charge in [-0.25, -0.2) is 4.68 Å². The lowest BCUT2D eigenvalue weighted by atomic mass is 10.0. The maximum Gasteiger partial charge on any atom is 0.236 e. The number of hydrogen-bond donors (Lipinski definition) is 2. The molecule has 1 aliphatic rings. The average Bonchev–Trinajstić information content (AvgIpc) is 3.21. The van der Waals surface area contributed by atoms with Crippen LogP contribution in [0, 0.1) is 5.92 Å². The van der Waals surface area contributed by atoms with Crippen molar-refractivity contribution >= 4 is 17.7 Å². The summed E-state index contributed by atoms with van der Waals surface area (Å²) in [6.45, 7) is 7.37. The lowest BCUT2D eigenvalue weighted by Crippen LogP contribution is -2.44. The molecule has 0 saturated carbocycles. The van der Waals surface area contributed by atoms with Crippen LogP contribution in [0.25, 0.3) is 11.4 Å². The molecule has 0 bridgehead atoms. The molecule has 1 amide bonds. The second-order valence-corrected chi connectivity index (χ2v) is 8.90. The molecule has 0 saturated heterocycles. The molecule has 4 rings (SSSR count). The van der Waals surface area contributed by atoms with Crippen molar-refractivity contribution in [3.05, 3.63) is 60.2 Å². The average molecular weight is 438 g/mol. The monoisotopic (exact) mass is 437 g/mol. The molecule has 3 aromatic rings. The SMILES string of the molecule is CCOc1ccc([C@@H]2Nn3c(nnc3-c3ccccc3)S[C@H]2C(=O)NCC(C)C)cc1. The first-order valence-electron chi connectivity index (χ1n) is 10.5. The zero-order valence-electron chi connectivity index (χ0n) is 17.9. The molecule has 2 aromatic carbocycles. The van der Waals surface area contributed by atoms with Gasteiger partial charge in [-0.2, -0.15) is 0 Å². The summed E-state index contributed by atoms with van der Waals surface area (Å²) < 4.78 is 7.46. The number of amides is 1. The van der Waals surface area contributed by atoms with E-state index in [0.717, 1.165) is 22.7 Å². The summed E-state index contributed by atoms with van der Waals surface area (Å²) in [4.78, 5) is 13.1. The normalized spacial score (nSPS) is 17.7. The van der Waals surface area contributed by atoms with Crippen molar-refractivity contribution in [1.29, 1.82) is 0 Å². The summed E-state index contributed by atoms with van der Waals surface area (Å²) in [7, 11) is 0. The number of nitrogens with zero attached hydrogens (tertiary/aromatic N) is 3. The number of ether oxygens (including phenoxy) is 1. The molecule has 0 aliphatic carbocycles. The molecule has 1 aliphatic heterocycles. The maximum absolute atomic E-state index is 13.1. The van der Waals surface area contributed by atoms with Gasteiger partial charge < -0.3 is 15.5 Å².